The van der Waals surface area contributed by atoms with E-state index in [1.807, 2.05) is 0 Å². The topological polar surface area (TPSA) is 40.5 Å². The van der Waals surface area contributed by atoms with Crippen LogP contribution in [0.25, 0.3) is 0 Å². The zero-order valence-electron chi connectivity index (χ0n) is 5.38. The van der Waals surface area contributed by atoms with Crippen LogP contribution in [0.4, 0.5) is 0 Å². The smallest absolute Gasteiger partial charge is 0.0795 e. The van der Waals surface area contributed by atoms with Gasteiger partial charge in [0, 0.05) is 6.61 Å². The number of rotatable bonds is 4. The molecule has 0 spiro atoms. The van der Waals surface area contributed by atoms with Gasteiger partial charge < -0.3 is 10.2 Å². The summed E-state index contributed by atoms with van der Waals surface area (Å²) in [6.07, 6.45) is 2.20. The third kappa shape index (κ3) is 5.31. The Labute approximate surface area is 55.1 Å². The zero-order chi connectivity index (χ0) is 7.11. The van der Waals surface area contributed by atoms with Crippen LogP contribution in [0.1, 0.15) is 12.8 Å². The summed E-state index contributed by atoms with van der Waals surface area (Å²) in [6.45, 7) is 3.43. The van der Waals surface area contributed by atoms with E-state index in [1.54, 1.807) is 0 Å². The van der Waals surface area contributed by atoms with Crippen molar-refractivity contribution in [2.75, 3.05) is 6.61 Å². The largest absolute Gasteiger partial charge is 0.396 e. The van der Waals surface area contributed by atoms with Crippen molar-refractivity contribution in [3.8, 4) is 0 Å². The molecule has 0 aromatic rings. The Balaban J connectivity index is 3.26. The lowest BCUT2D eigenvalue weighted by atomic mass is 10.2. The highest BCUT2D eigenvalue weighted by Gasteiger charge is 1.95. The van der Waals surface area contributed by atoms with E-state index in [0.717, 1.165) is 0 Å². The first-order chi connectivity index (χ1) is 4.31. The third-order valence-corrected chi connectivity index (χ3v) is 0.968. The molecule has 0 saturated heterocycles. The molecule has 0 aromatic carbocycles. The van der Waals surface area contributed by atoms with Crippen LogP contribution in [0.2, 0.25) is 0 Å². The van der Waals surface area contributed by atoms with Gasteiger partial charge in [-0.2, -0.15) is 0 Å². The molecule has 0 aliphatic heterocycles. The van der Waals surface area contributed by atoms with Gasteiger partial charge in [0.05, 0.1) is 6.10 Å². The van der Waals surface area contributed by atoms with Crippen molar-refractivity contribution in [2.24, 2.45) is 0 Å². The molecule has 9 heavy (non-hydrogen) atoms. The summed E-state index contributed by atoms with van der Waals surface area (Å²) in [7, 11) is 0. The van der Waals surface area contributed by atoms with Gasteiger partial charge in [-0.1, -0.05) is 6.58 Å². The molecule has 0 fully saturated rings. The second kappa shape index (κ2) is 5.57. The number of hydrogen-bond acceptors (Lipinski definition) is 2. The monoisotopic (exact) mass is 128 g/mol. The van der Waals surface area contributed by atoms with Crippen LogP contribution in [0, 0.1) is 0 Å². The molecular weight excluding hydrogens is 116 g/mol. The molecule has 0 bridgehead atoms. The Kier molecular flexibility index (Phi) is 5.23. The average molecular weight is 128 g/mol. The molecular formula is C7H12O2. The molecule has 0 aliphatic carbocycles. The van der Waals surface area contributed by atoms with E-state index >= 15 is 0 Å². The maximum absolute atomic E-state index is 8.91. The fraction of sp³-hybridized carbons (Fsp3) is 0.571. The Hall–Kier alpha value is -0.560. The lowest BCUT2D eigenvalue weighted by molar-refractivity contribution is 0.190. The third-order valence-electron chi connectivity index (χ3n) is 0.968. The molecule has 0 saturated carbocycles. The Morgan fingerprint density at radius 2 is 2.33 bits per heavy atom. The Morgan fingerprint density at radius 3 is 2.78 bits per heavy atom. The lowest BCUT2D eigenvalue weighted by Crippen LogP contribution is -2.01. The first-order valence-electron chi connectivity index (χ1n) is 2.96. The van der Waals surface area contributed by atoms with Gasteiger partial charge in [0.15, 0.2) is 0 Å². The molecule has 2 heteroatoms. The van der Waals surface area contributed by atoms with E-state index < -0.39 is 6.10 Å². The first kappa shape index (κ1) is 8.44. The molecule has 0 rings (SSSR count). The van der Waals surface area contributed by atoms with Crippen molar-refractivity contribution in [2.45, 2.75) is 18.9 Å². The summed E-state index contributed by atoms with van der Waals surface area (Å²) in [5, 5.41) is 17.2. The molecule has 52 valence electrons. The van der Waals surface area contributed by atoms with Gasteiger partial charge in [-0.05, 0) is 18.9 Å². The Morgan fingerprint density at radius 1 is 1.67 bits per heavy atom. The summed E-state index contributed by atoms with van der Waals surface area (Å²) < 4.78 is 0. The summed E-state index contributed by atoms with van der Waals surface area (Å²) in [5.74, 6) is 0. The predicted molar refractivity (Wildman–Crippen MR) is 36.0 cm³/mol. The van der Waals surface area contributed by atoms with Gasteiger partial charge in [0.2, 0.25) is 0 Å². The Bertz CT molecular complexity index is 103. The van der Waals surface area contributed by atoms with Gasteiger partial charge in [-0.25, -0.2) is 0 Å². The molecule has 0 amide bonds. The fourth-order valence-electron chi connectivity index (χ4n) is 0.520. The van der Waals surface area contributed by atoms with E-state index in [4.69, 9.17) is 10.2 Å². The second-order valence-corrected chi connectivity index (χ2v) is 1.80. The molecule has 1 atom stereocenters. The minimum Gasteiger partial charge on any atom is -0.396 e. The van der Waals surface area contributed by atoms with Crippen molar-refractivity contribution in [3.05, 3.63) is 18.4 Å². The number of aliphatic hydroxyl groups is 2. The van der Waals surface area contributed by atoms with Crippen molar-refractivity contribution >= 4 is 0 Å². The summed E-state index contributed by atoms with van der Waals surface area (Å²) in [5.41, 5.74) is 2.47. The highest BCUT2D eigenvalue weighted by molar-refractivity contribution is 4.83. The highest BCUT2D eigenvalue weighted by Crippen LogP contribution is 1.95. The normalized spacial score (nSPS) is 12.2. The van der Waals surface area contributed by atoms with Crippen molar-refractivity contribution in [3.63, 3.8) is 0 Å². The molecule has 0 aromatic heterocycles. The summed E-state index contributed by atoms with van der Waals surface area (Å²) >= 11 is 0. The van der Waals surface area contributed by atoms with Crippen LogP contribution in [0.5, 0.6) is 0 Å². The van der Waals surface area contributed by atoms with E-state index in [-0.39, 0.29) is 6.61 Å². The summed E-state index contributed by atoms with van der Waals surface area (Å²) in [6, 6.07) is 0. The van der Waals surface area contributed by atoms with Crippen LogP contribution < -0.4 is 0 Å². The fourth-order valence-corrected chi connectivity index (χ4v) is 0.520. The van der Waals surface area contributed by atoms with Crippen LogP contribution in [-0.2, 0) is 0 Å². The number of aliphatic hydroxyl groups excluding tert-OH is 2. The van der Waals surface area contributed by atoms with E-state index in [1.165, 1.54) is 6.08 Å². The van der Waals surface area contributed by atoms with E-state index in [2.05, 4.69) is 12.3 Å². The SMILES string of the molecule is C=C=CC(O)CCCO. The van der Waals surface area contributed by atoms with Crippen LogP contribution in [0.15, 0.2) is 18.4 Å². The van der Waals surface area contributed by atoms with Gasteiger partial charge in [0.25, 0.3) is 0 Å². The minimum absolute atomic E-state index is 0.127. The summed E-state index contributed by atoms with van der Waals surface area (Å²) in [4.78, 5) is 0. The molecule has 0 aliphatic rings. The van der Waals surface area contributed by atoms with Gasteiger partial charge in [0.1, 0.15) is 0 Å². The molecule has 2 N–H and O–H groups in total. The molecule has 2 nitrogen and oxygen atoms in total. The molecule has 0 radical (unpaired) electrons. The van der Waals surface area contributed by atoms with E-state index in [0.29, 0.717) is 12.8 Å². The van der Waals surface area contributed by atoms with Crippen LogP contribution in [0.3, 0.4) is 0 Å². The van der Waals surface area contributed by atoms with Crippen LogP contribution in [-0.4, -0.2) is 22.9 Å². The van der Waals surface area contributed by atoms with Crippen molar-refractivity contribution in [1.29, 1.82) is 0 Å². The van der Waals surface area contributed by atoms with E-state index in [9.17, 15) is 0 Å². The average Bonchev–Trinajstić information content (AvgIpc) is 1.85. The maximum Gasteiger partial charge on any atom is 0.0795 e. The van der Waals surface area contributed by atoms with Gasteiger partial charge >= 0.3 is 0 Å². The maximum atomic E-state index is 8.91. The molecule has 0 heterocycles. The highest BCUT2D eigenvalue weighted by atomic mass is 16.3. The van der Waals surface area contributed by atoms with Crippen molar-refractivity contribution < 1.29 is 10.2 Å². The standard InChI is InChI=1S/C7H12O2/c1-2-4-7(9)5-3-6-8/h4,7-9H,1,3,5-6H2. The zero-order valence-corrected chi connectivity index (χ0v) is 5.38. The van der Waals surface area contributed by atoms with Gasteiger partial charge in [-0.15, -0.1) is 5.73 Å². The van der Waals surface area contributed by atoms with Crippen LogP contribution >= 0.6 is 0 Å². The lowest BCUT2D eigenvalue weighted by Gasteiger charge is -1.99. The quantitative estimate of drug-likeness (QED) is 0.540. The predicted octanol–water partition coefficient (Wildman–Crippen LogP) is 0.461. The number of hydrogen-bond donors (Lipinski definition) is 2. The first-order valence-corrected chi connectivity index (χ1v) is 2.96. The second-order valence-electron chi connectivity index (χ2n) is 1.80. The molecule has 1 unspecified atom stereocenters. The minimum atomic E-state index is -0.491. The van der Waals surface area contributed by atoms with Crippen molar-refractivity contribution in [1.82, 2.24) is 0 Å². The van der Waals surface area contributed by atoms with Gasteiger partial charge in [-0.3, -0.25) is 0 Å².